The number of carbonyl (C=O) groups excluding carboxylic acids is 1. The summed E-state index contributed by atoms with van der Waals surface area (Å²) in [6.07, 6.45) is 1.44. The van der Waals surface area contributed by atoms with Gasteiger partial charge in [0, 0.05) is 29.1 Å². The van der Waals surface area contributed by atoms with Crippen molar-refractivity contribution in [3.8, 4) is 0 Å². The van der Waals surface area contributed by atoms with E-state index >= 15 is 0 Å². The van der Waals surface area contributed by atoms with Crippen LogP contribution in [0, 0.1) is 6.92 Å². The zero-order chi connectivity index (χ0) is 23.5. The lowest BCUT2D eigenvalue weighted by Gasteiger charge is -2.22. The van der Waals surface area contributed by atoms with Gasteiger partial charge < -0.3 is 5.11 Å². The molecule has 1 amide bonds. The van der Waals surface area contributed by atoms with Gasteiger partial charge in [0.05, 0.1) is 17.3 Å². The number of aliphatic carboxylic acids is 1. The fourth-order valence-electron chi connectivity index (χ4n) is 4.07. The van der Waals surface area contributed by atoms with E-state index < -0.39 is 5.97 Å². The third-order valence-corrected chi connectivity index (χ3v) is 6.60. The topological polar surface area (TPSA) is 82.9 Å². The second kappa shape index (κ2) is 10.0. The number of aryl methyl sites for hydroxylation is 1. The molecule has 0 aliphatic carbocycles. The first kappa shape index (κ1) is 23.4. The van der Waals surface area contributed by atoms with Crippen LogP contribution in [-0.4, -0.2) is 38.7 Å². The van der Waals surface area contributed by atoms with Crippen molar-refractivity contribution in [1.82, 2.24) is 9.99 Å². The number of hydrogen-bond donors (Lipinski definition) is 1. The maximum absolute atomic E-state index is 13.0. The average Bonchev–Trinajstić information content (AvgIpc) is 3.19. The maximum atomic E-state index is 13.0. The molecule has 0 spiro atoms. The van der Waals surface area contributed by atoms with Crippen LogP contribution < -0.4 is 0 Å². The van der Waals surface area contributed by atoms with Gasteiger partial charge in [-0.1, -0.05) is 57.9 Å². The first-order valence-electron chi connectivity index (χ1n) is 10.7. The summed E-state index contributed by atoms with van der Waals surface area (Å²) >= 11 is 9.99. The zero-order valence-electron chi connectivity index (χ0n) is 18.1. The highest BCUT2D eigenvalue weighted by atomic mass is 79.9. The number of carboxylic acid groups (broad SMARTS) is 1. The molecule has 2 aromatic carbocycles. The second-order valence-electron chi connectivity index (χ2n) is 8.19. The van der Waals surface area contributed by atoms with E-state index in [2.05, 4.69) is 26.0 Å². The quantitative estimate of drug-likeness (QED) is 0.395. The minimum absolute atomic E-state index is 0.0483. The summed E-state index contributed by atoms with van der Waals surface area (Å²) in [5.41, 5.74) is 4.54. The molecular weight excluding hydrogens is 506 g/mol. The van der Waals surface area contributed by atoms with Crippen LogP contribution in [0.15, 0.2) is 58.1 Å². The number of carbonyl (C=O) groups is 2. The van der Waals surface area contributed by atoms with Crippen molar-refractivity contribution in [3.63, 3.8) is 0 Å². The van der Waals surface area contributed by atoms with Crippen molar-refractivity contribution in [2.75, 3.05) is 0 Å². The highest BCUT2D eigenvalue weighted by Crippen LogP contribution is 2.29. The highest BCUT2D eigenvalue weighted by molar-refractivity contribution is 9.10. The Morgan fingerprint density at radius 2 is 1.94 bits per heavy atom. The molecule has 4 rings (SSSR count). The number of pyridine rings is 1. The minimum Gasteiger partial charge on any atom is -0.481 e. The number of aromatic nitrogens is 1. The van der Waals surface area contributed by atoms with E-state index in [0.717, 1.165) is 37.8 Å². The van der Waals surface area contributed by atoms with Gasteiger partial charge in [-0.3, -0.25) is 9.59 Å². The van der Waals surface area contributed by atoms with E-state index in [1.807, 2.05) is 55.5 Å². The summed E-state index contributed by atoms with van der Waals surface area (Å²) in [4.78, 5) is 28.4. The van der Waals surface area contributed by atoms with Crippen LogP contribution in [0.1, 0.15) is 42.4 Å². The number of hydrazone groups is 1. The summed E-state index contributed by atoms with van der Waals surface area (Å²) in [5.74, 6) is -1.10. The lowest BCUT2D eigenvalue weighted by molar-refractivity contribution is -0.137. The van der Waals surface area contributed by atoms with Crippen molar-refractivity contribution in [1.29, 1.82) is 0 Å². The molecule has 33 heavy (non-hydrogen) atoms. The maximum Gasteiger partial charge on any atom is 0.303 e. The number of benzene rings is 2. The molecule has 1 unspecified atom stereocenters. The van der Waals surface area contributed by atoms with Gasteiger partial charge in [-0.15, -0.1) is 0 Å². The summed E-state index contributed by atoms with van der Waals surface area (Å²) < 4.78 is 0.965. The number of nitrogens with zero attached hydrogens (tertiary/aromatic N) is 3. The van der Waals surface area contributed by atoms with Crippen LogP contribution in [0.25, 0.3) is 10.9 Å². The highest BCUT2D eigenvalue weighted by Gasteiger charge is 2.32. The molecule has 0 saturated carbocycles. The Morgan fingerprint density at radius 1 is 1.18 bits per heavy atom. The van der Waals surface area contributed by atoms with E-state index in [9.17, 15) is 9.59 Å². The molecular formula is C25H23BrClN3O3. The predicted octanol–water partition coefficient (Wildman–Crippen LogP) is 5.76. The van der Waals surface area contributed by atoms with E-state index in [1.165, 1.54) is 5.01 Å². The van der Waals surface area contributed by atoms with Crippen LogP contribution in [0.5, 0.6) is 0 Å². The molecule has 0 saturated heterocycles. The Morgan fingerprint density at radius 3 is 2.67 bits per heavy atom. The van der Waals surface area contributed by atoms with Gasteiger partial charge in [-0.05, 0) is 54.7 Å². The van der Waals surface area contributed by atoms with Crippen LogP contribution in [-0.2, 0) is 16.0 Å². The number of amides is 1. The number of halogens is 2. The molecule has 1 N–H and O–H groups in total. The van der Waals surface area contributed by atoms with Gasteiger partial charge in [-0.25, -0.2) is 9.99 Å². The number of carboxylic acids is 1. The van der Waals surface area contributed by atoms with Gasteiger partial charge in [0.2, 0.25) is 5.91 Å². The molecule has 170 valence electrons. The van der Waals surface area contributed by atoms with Gasteiger partial charge >= 0.3 is 5.97 Å². The van der Waals surface area contributed by atoms with Crippen molar-refractivity contribution in [3.05, 3.63) is 74.8 Å². The summed E-state index contributed by atoms with van der Waals surface area (Å²) in [7, 11) is 0. The first-order valence-corrected chi connectivity index (χ1v) is 11.9. The van der Waals surface area contributed by atoms with E-state index in [1.54, 1.807) is 0 Å². The van der Waals surface area contributed by atoms with Crippen LogP contribution in [0.4, 0.5) is 0 Å². The van der Waals surface area contributed by atoms with Crippen molar-refractivity contribution >= 4 is 56.0 Å². The lowest BCUT2D eigenvalue weighted by Crippen LogP contribution is -2.34. The summed E-state index contributed by atoms with van der Waals surface area (Å²) in [5, 5.41) is 16.5. The largest absolute Gasteiger partial charge is 0.481 e. The van der Waals surface area contributed by atoms with Gasteiger partial charge in [0.25, 0.3) is 0 Å². The molecule has 6 nitrogen and oxygen atoms in total. The molecule has 1 aliphatic heterocycles. The minimum atomic E-state index is -0.913. The summed E-state index contributed by atoms with van der Waals surface area (Å²) in [6, 6.07) is 15.6. The fraction of sp³-hybridized carbons (Fsp3) is 0.280. The van der Waals surface area contributed by atoms with Crippen LogP contribution in [0.3, 0.4) is 0 Å². The Labute approximate surface area is 205 Å². The lowest BCUT2D eigenvalue weighted by atomic mass is 9.98. The molecule has 0 fully saturated rings. The van der Waals surface area contributed by atoms with Crippen LogP contribution >= 0.6 is 27.5 Å². The third-order valence-electron chi connectivity index (χ3n) is 5.75. The number of rotatable bonds is 7. The van der Waals surface area contributed by atoms with Crippen molar-refractivity contribution in [2.45, 2.75) is 45.1 Å². The van der Waals surface area contributed by atoms with Gasteiger partial charge in [0.15, 0.2) is 0 Å². The Kier molecular flexibility index (Phi) is 7.10. The number of para-hydroxylation sites is 1. The van der Waals surface area contributed by atoms with Crippen molar-refractivity contribution in [2.24, 2.45) is 5.10 Å². The molecule has 0 radical (unpaired) electrons. The molecule has 0 bridgehead atoms. The Bertz CT molecular complexity index is 1240. The predicted molar refractivity (Wildman–Crippen MR) is 133 cm³/mol. The van der Waals surface area contributed by atoms with Crippen LogP contribution in [0.2, 0.25) is 5.15 Å². The second-order valence-corrected chi connectivity index (χ2v) is 9.46. The Hall–Kier alpha value is -2.77. The SMILES string of the molecule is Cc1cccc2cc(CC3CC(c4ccc(Br)cc4)=NN3C(=O)CCCC(=O)O)c(Cl)nc12. The molecule has 3 aromatic rings. The Balaban J connectivity index is 1.61. The monoisotopic (exact) mass is 527 g/mol. The van der Waals surface area contributed by atoms with Gasteiger partial charge in [0.1, 0.15) is 5.15 Å². The van der Waals surface area contributed by atoms with Crippen molar-refractivity contribution < 1.29 is 14.7 Å². The zero-order valence-corrected chi connectivity index (χ0v) is 20.4. The van der Waals surface area contributed by atoms with E-state index in [4.69, 9.17) is 16.7 Å². The number of fused-ring (bicyclic) bond motifs is 1. The third kappa shape index (κ3) is 5.42. The first-order chi connectivity index (χ1) is 15.8. The molecule has 1 aliphatic rings. The van der Waals surface area contributed by atoms with Gasteiger partial charge in [-0.2, -0.15) is 5.10 Å². The normalized spacial score (nSPS) is 15.7. The van der Waals surface area contributed by atoms with E-state index in [-0.39, 0.29) is 31.2 Å². The smallest absolute Gasteiger partial charge is 0.303 e. The molecule has 8 heteroatoms. The van der Waals surface area contributed by atoms with E-state index in [0.29, 0.717) is 18.0 Å². The molecule has 1 aromatic heterocycles. The summed E-state index contributed by atoms with van der Waals surface area (Å²) in [6.45, 7) is 2.00. The average molecular weight is 529 g/mol. The number of hydrogen-bond acceptors (Lipinski definition) is 4. The molecule has 1 atom stereocenters. The fourth-order valence-corrected chi connectivity index (χ4v) is 4.55. The standard InChI is InChI=1S/C25H23BrClN3O3/c1-15-4-2-5-17-12-18(25(27)28-24(15)17)13-20-14-21(16-8-10-19(26)11-9-16)29-30(20)22(31)6-3-7-23(32)33/h2,4-5,8-12,20H,3,6-7,13-14H2,1H3,(H,32,33). The molecule has 2 heterocycles.